The molecule has 1 amide bonds. The van der Waals surface area contributed by atoms with Crippen molar-refractivity contribution in [3.8, 4) is 23.0 Å². The number of benzene rings is 3. The lowest BCUT2D eigenvalue weighted by Gasteiger charge is -2.19. The summed E-state index contributed by atoms with van der Waals surface area (Å²) in [6.45, 7) is 0.573. The van der Waals surface area contributed by atoms with Crippen molar-refractivity contribution in [1.29, 1.82) is 0 Å². The molecule has 4 heterocycles. The fraction of sp³-hybridized carbons (Fsp3) is 0.179. The van der Waals surface area contributed by atoms with Crippen molar-refractivity contribution in [2.24, 2.45) is 0 Å². The van der Waals surface area contributed by atoms with Crippen LogP contribution in [0.2, 0.25) is 0 Å². The van der Waals surface area contributed by atoms with Gasteiger partial charge >= 0.3 is 5.69 Å². The molecule has 0 fully saturated rings. The van der Waals surface area contributed by atoms with Crippen molar-refractivity contribution >= 4 is 33.7 Å². The number of ether oxygens (including phenoxy) is 4. The molecule has 11 heteroatoms. The smallest absolute Gasteiger partial charge is 0.332 e. The number of rotatable bonds is 5. The first-order valence-corrected chi connectivity index (χ1v) is 12.3. The topological polar surface area (TPSA) is 123 Å². The van der Waals surface area contributed by atoms with Crippen LogP contribution in [0.3, 0.4) is 0 Å². The molecule has 0 atom stereocenters. The minimum atomic E-state index is -0.644. The zero-order valence-electron chi connectivity index (χ0n) is 20.5. The van der Waals surface area contributed by atoms with Gasteiger partial charge in [0.25, 0.3) is 5.56 Å². The Kier molecular flexibility index (Phi) is 5.29. The van der Waals surface area contributed by atoms with Gasteiger partial charge in [0.2, 0.25) is 18.3 Å². The Morgan fingerprint density at radius 2 is 1.56 bits per heavy atom. The molecule has 0 saturated heterocycles. The molecule has 1 N–H and O–H groups in total. The maximum Gasteiger partial charge on any atom is 0.332 e. The number of nitrogens with zero attached hydrogens (tertiary/aromatic N) is 2. The third-order valence-corrected chi connectivity index (χ3v) is 6.65. The number of carbonyl (C=O) groups is 1. The second-order valence-electron chi connectivity index (χ2n) is 9.13. The Morgan fingerprint density at radius 3 is 2.46 bits per heavy atom. The van der Waals surface area contributed by atoms with Crippen LogP contribution in [-0.2, 0) is 17.9 Å². The Labute approximate surface area is 219 Å². The molecule has 39 heavy (non-hydrogen) atoms. The van der Waals surface area contributed by atoms with Crippen LogP contribution in [0, 0.1) is 0 Å². The number of amides is 1. The molecule has 0 radical (unpaired) electrons. The average Bonchev–Trinajstić information content (AvgIpc) is 3.58. The molecule has 11 nitrogen and oxygen atoms in total. The molecule has 0 bridgehead atoms. The lowest BCUT2D eigenvalue weighted by Crippen LogP contribution is -2.41. The molecule has 5 aromatic rings. The van der Waals surface area contributed by atoms with E-state index in [1.54, 1.807) is 60.7 Å². The number of hydrogen-bond donors (Lipinski definition) is 1. The second-order valence-corrected chi connectivity index (χ2v) is 9.13. The third-order valence-electron chi connectivity index (χ3n) is 6.65. The molecule has 2 aliphatic rings. The second kappa shape index (κ2) is 8.98. The van der Waals surface area contributed by atoms with Gasteiger partial charge in [-0.15, -0.1) is 0 Å². The predicted octanol–water partition coefficient (Wildman–Crippen LogP) is 3.10. The van der Waals surface area contributed by atoms with Gasteiger partial charge in [0, 0.05) is 17.1 Å². The highest BCUT2D eigenvalue weighted by molar-refractivity contribution is 6.03. The molecular weight excluding hydrogens is 506 g/mol. The van der Waals surface area contributed by atoms with E-state index < -0.39 is 17.2 Å². The Bertz CT molecular complexity index is 1900. The number of furan rings is 1. The molecule has 2 aromatic heterocycles. The molecule has 0 spiro atoms. The van der Waals surface area contributed by atoms with E-state index >= 15 is 0 Å². The van der Waals surface area contributed by atoms with Gasteiger partial charge in [-0.1, -0.05) is 18.2 Å². The summed E-state index contributed by atoms with van der Waals surface area (Å²) >= 11 is 0. The number of carbonyl (C=O) groups excluding carboxylic acids is 1. The highest BCUT2D eigenvalue weighted by atomic mass is 16.7. The minimum Gasteiger partial charge on any atom is -0.486 e. The van der Waals surface area contributed by atoms with E-state index in [1.807, 2.05) is 0 Å². The fourth-order valence-corrected chi connectivity index (χ4v) is 4.87. The zero-order chi connectivity index (χ0) is 26.5. The summed E-state index contributed by atoms with van der Waals surface area (Å²) in [5.41, 5.74) is 0.594. The van der Waals surface area contributed by atoms with Crippen LogP contribution in [0.5, 0.6) is 23.0 Å². The van der Waals surface area contributed by atoms with Crippen molar-refractivity contribution in [3.05, 3.63) is 87.1 Å². The van der Waals surface area contributed by atoms with E-state index in [9.17, 15) is 14.4 Å². The first kappa shape index (κ1) is 23.0. The van der Waals surface area contributed by atoms with Crippen LogP contribution in [-0.4, -0.2) is 35.0 Å². The number of aromatic nitrogens is 2. The monoisotopic (exact) mass is 527 g/mol. The van der Waals surface area contributed by atoms with Gasteiger partial charge in [-0.05, 0) is 42.0 Å². The largest absolute Gasteiger partial charge is 0.486 e. The van der Waals surface area contributed by atoms with Crippen LogP contribution < -0.4 is 35.5 Å². The summed E-state index contributed by atoms with van der Waals surface area (Å²) < 4.78 is 30.1. The van der Waals surface area contributed by atoms with Crippen molar-refractivity contribution in [2.45, 2.75) is 13.1 Å². The molecule has 3 aromatic carbocycles. The van der Waals surface area contributed by atoms with Crippen molar-refractivity contribution in [1.82, 2.24) is 9.13 Å². The predicted molar refractivity (Wildman–Crippen MR) is 140 cm³/mol. The summed E-state index contributed by atoms with van der Waals surface area (Å²) in [4.78, 5) is 40.5. The van der Waals surface area contributed by atoms with Crippen LogP contribution in [0.1, 0.15) is 5.56 Å². The van der Waals surface area contributed by atoms with Gasteiger partial charge < -0.3 is 28.7 Å². The highest BCUT2D eigenvalue weighted by Gasteiger charge is 2.23. The van der Waals surface area contributed by atoms with Gasteiger partial charge in [-0.2, -0.15) is 0 Å². The summed E-state index contributed by atoms with van der Waals surface area (Å²) in [5, 5.41) is 3.36. The van der Waals surface area contributed by atoms with Crippen LogP contribution in [0.4, 0.5) is 5.69 Å². The Balaban J connectivity index is 1.30. The molecule has 0 unspecified atom stereocenters. The highest BCUT2D eigenvalue weighted by Crippen LogP contribution is 2.34. The number of anilines is 1. The van der Waals surface area contributed by atoms with Crippen molar-refractivity contribution in [3.63, 3.8) is 0 Å². The molecule has 2 aliphatic heterocycles. The molecule has 0 aliphatic carbocycles. The number of nitrogens with one attached hydrogen (secondary N) is 1. The summed E-state index contributed by atoms with van der Waals surface area (Å²) in [6.07, 6.45) is 0. The molecular formula is C28H21N3O8. The normalized spacial score (nSPS) is 13.6. The van der Waals surface area contributed by atoms with Crippen LogP contribution in [0.15, 0.2) is 74.7 Å². The molecule has 7 rings (SSSR count). The maximum absolute atomic E-state index is 13.8. The average molecular weight is 527 g/mol. The molecule has 0 saturated carbocycles. The minimum absolute atomic E-state index is 0.0105. The SMILES string of the molecule is O=C(Cn1c(=O)n(Cc2ccc3c(c2)OCO3)c(=O)c2oc3ccccc3c21)Nc1ccc2c(c1)OCCO2. The van der Waals surface area contributed by atoms with Crippen LogP contribution >= 0.6 is 0 Å². The first-order chi connectivity index (χ1) is 19.0. The van der Waals surface area contributed by atoms with Gasteiger partial charge in [0.05, 0.1) is 6.54 Å². The van der Waals surface area contributed by atoms with Crippen molar-refractivity contribution < 1.29 is 28.2 Å². The number of hydrogen-bond acceptors (Lipinski definition) is 8. The fourth-order valence-electron chi connectivity index (χ4n) is 4.87. The summed E-state index contributed by atoms with van der Waals surface area (Å²) in [6, 6.07) is 17.3. The van der Waals surface area contributed by atoms with E-state index in [0.29, 0.717) is 58.4 Å². The zero-order valence-corrected chi connectivity index (χ0v) is 20.5. The number of fused-ring (bicyclic) bond motifs is 5. The van der Waals surface area contributed by atoms with Gasteiger partial charge in [-0.3, -0.25) is 18.7 Å². The Hall–Kier alpha value is -5.19. The van der Waals surface area contributed by atoms with Crippen LogP contribution in [0.25, 0.3) is 22.1 Å². The third kappa shape index (κ3) is 3.95. The van der Waals surface area contributed by atoms with Gasteiger partial charge in [0.15, 0.2) is 23.0 Å². The summed E-state index contributed by atoms with van der Waals surface area (Å²) in [7, 11) is 0. The lowest BCUT2D eigenvalue weighted by molar-refractivity contribution is -0.116. The van der Waals surface area contributed by atoms with E-state index in [1.165, 1.54) is 4.57 Å². The van der Waals surface area contributed by atoms with Gasteiger partial charge in [0.1, 0.15) is 30.9 Å². The lowest BCUT2D eigenvalue weighted by atomic mass is 10.2. The van der Waals surface area contributed by atoms with E-state index in [2.05, 4.69) is 5.32 Å². The number of para-hydroxylation sites is 1. The standard InChI is InChI=1S/C28H21N3O8/c32-24(29-17-6-8-20-23(12-17)36-10-9-35-20)14-30-25-18-3-1-2-4-19(18)39-26(25)27(33)31(28(30)34)13-16-5-7-21-22(11-16)38-15-37-21/h1-8,11-12H,9-10,13-15H2,(H,29,32). The molecule has 196 valence electrons. The summed E-state index contributed by atoms with van der Waals surface area (Å²) in [5.74, 6) is 1.78. The first-order valence-electron chi connectivity index (χ1n) is 12.3. The quantitative estimate of drug-likeness (QED) is 0.370. The van der Waals surface area contributed by atoms with Gasteiger partial charge in [-0.25, -0.2) is 4.79 Å². The van der Waals surface area contributed by atoms with E-state index in [4.69, 9.17) is 23.4 Å². The van der Waals surface area contributed by atoms with E-state index in [0.717, 1.165) is 4.57 Å². The maximum atomic E-state index is 13.8. The Morgan fingerprint density at radius 1 is 0.821 bits per heavy atom. The van der Waals surface area contributed by atoms with Crippen molar-refractivity contribution in [2.75, 3.05) is 25.3 Å². The van der Waals surface area contributed by atoms with E-state index in [-0.39, 0.29) is 31.0 Å².